The molecule has 0 saturated heterocycles. The summed E-state index contributed by atoms with van der Waals surface area (Å²) in [5.74, 6) is -1.71. The first-order valence-electron chi connectivity index (χ1n) is 9.43. The van der Waals surface area contributed by atoms with E-state index in [9.17, 15) is 14.4 Å². The number of hydrogen-bond acceptors (Lipinski definition) is 6. The average Bonchev–Trinajstić information content (AvgIpc) is 3.09. The van der Waals surface area contributed by atoms with Crippen molar-refractivity contribution in [3.05, 3.63) is 71.7 Å². The molecule has 2 aromatic rings. The van der Waals surface area contributed by atoms with Crippen molar-refractivity contribution >= 4 is 28.6 Å². The van der Waals surface area contributed by atoms with Crippen LogP contribution in [0.4, 0.5) is 0 Å². The number of hydrogen-bond donors (Lipinski definition) is 0. The Balaban J connectivity index is 1.97. The van der Waals surface area contributed by atoms with E-state index < -0.39 is 17.9 Å². The van der Waals surface area contributed by atoms with E-state index in [2.05, 4.69) is 4.74 Å². The zero-order valence-corrected chi connectivity index (χ0v) is 17.4. The Bertz CT molecular complexity index is 1090. The van der Waals surface area contributed by atoms with Gasteiger partial charge in [0, 0.05) is 55.8 Å². The fraction of sp³-hybridized carbons (Fsp3) is 0.261. The first-order valence-corrected chi connectivity index (χ1v) is 9.43. The minimum atomic E-state index is -0.555. The van der Waals surface area contributed by atoms with E-state index in [0.717, 1.165) is 10.9 Å². The normalized spacial score (nSPS) is 16.4. The van der Waals surface area contributed by atoms with Crippen molar-refractivity contribution in [2.45, 2.75) is 6.42 Å². The maximum Gasteiger partial charge on any atom is 0.335 e. The summed E-state index contributed by atoms with van der Waals surface area (Å²) in [4.78, 5) is 38.9. The van der Waals surface area contributed by atoms with Crippen LogP contribution in [-0.4, -0.2) is 48.5 Å². The number of carbonyl (C=O) groups excluding carboxylic acids is 3. The van der Waals surface area contributed by atoms with Crippen LogP contribution in [0.1, 0.15) is 16.9 Å². The van der Waals surface area contributed by atoms with E-state index >= 15 is 0 Å². The van der Waals surface area contributed by atoms with Crippen LogP contribution in [0.25, 0.3) is 10.9 Å². The van der Waals surface area contributed by atoms with Gasteiger partial charge in [0.25, 0.3) is 0 Å². The second-order valence-electron chi connectivity index (χ2n) is 7.05. The van der Waals surface area contributed by atoms with Crippen LogP contribution in [0.15, 0.2) is 66.0 Å². The number of allylic oxidation sites excluding steroid dienone is 2. The van der Waals surface area contributed by atoms with Crippen molar-refractivity contribution in [1.29, 1.82) is 0 Å². The van der Waals surface area contributed by atoms with Gasteiger partial charge >= 0.3 is 11.9 Å². The molecule has 0 fully saturated rings. The second kappa shape index (κ2) is 8.82. The molecule has 0 aliphatic carbocycles. The predicted molar refractivity (Wildman–Crippen MR) is 112 cm³/mol. The lowest BCUT2D eigenvalue weighted by atomic mass is 9.84. The largest absolute Gasteiger partial charge is 0.466 e. The van der Waals surface area contributed by atoms with Gasteiger partial charge in [0.05, 0.1) is 25.5 Å². The van der Waals surface area contributed by atoms with Crippen LogP contribution >= 0.6 is 0 Å². The van der Waals surface area contributed by atoms with Gasteiger partial charge in [-0.2, -0.15) is 0 Å². The van der Waals surface area contributed by atoms with Crippen molar-refractivity contribution < 1.29 is 23.9 Å². The standard InChI is InChI=1S/C23H24N2O5/c1-24-13-16(9-10-22(27)29-3)17(18(14-24)23(28)30-4)12-21(26)20-11-15-7-5-6-8-19(15)25(20)2/h5-11,13-14,17H,12H2,1-4H3/b10-9-. The van der Waals surface area contributed by atoms with Gasteiger partial charge in [0.1, 0.15) is 0 Å². The van der Waals surface area contributed by atoms with Crippen LogP contribution in [0, 0.1) is 5.92 Å². The third-order valence-electron chi connectivity index (χ3n) is 5.13. The summed E-state index contributed by atoms with van der Waals surface area (Å²) in [5.41, 5.74) is 2.49. The predicted octanol–water partition coefficient (Wildman–Crippen LogP) is 2.98. The van der Waals surface area contributed by atoms with Gasteiger partial charge in [-0.3, -0.25) is 4.79 Å². The Kier molecular flexibility index (Phi) is 6.20. The minimum absolute atomic E-state index is 0.0519. The molecule has 0 amide bonds. The number of ether oxygens (including phenoxy) is 2. The molecule has 0 saturated carbocycles. The maximum absolute atomic E-state index is 13.2. The van der Waals surface area contributed by atoms with Crippen LogP contribution in [0.2, 0.25) is 0 Å². The molecule has 156 valence electrons. The van der Waals surface area contributed by atoms with Crippen molar-refractivity contribution in [1.82, 2.24) is 9.47 Å². The molecule has 1 atom stereocenters. The number of carbonyl (C=O) groups is 3. The number of ketones is 1. The Hall–Kier alpha value is -3.61. The number of fused-ring (bicyclic) bond motifs is 1. The van der Waals surface area contributed by atoms with Crippen LogP contribution < -0.4 is 0 Å². The molecule has 1 aromatic heterocycles. The topological polar surface area (TPSA) is 77.8 Å². The van der Waals surface area contributed by atoms with Crippen molar-refractivity contribution in [3.63, 3.8) is 0 Å². The van der Waals surface area contributed by atoms with E-state index in [1.165, 1.54) is 20.3 Å². The van der Waals surface area contributed by atoms with Gasteiger partial charge in [-0.05, 0) is 23.8 Å². The molecule has 1 aliphatic heterocycles. The molecule has 3 rings (SSSR count). The second-order valence-corrected chi connectivity index (χ2v) is 7.05. The summed E-state index contributed by atoms with van der Waals surface area (Å²) in [6, 6.07) is 9.59. The Morgan fingerprint density at radius 2 is 1.80 bits per heavy atom. The number of Topliss-reactive ketones (excluding diaryl/α,β-unsaturated/α-hetero) is 1. The molecule has 7 heteroatoms. The summed E-state index contributed by atoms with van der Waals surface area (Å²) >= 11 is 0. The first kappa shape index (κ1) is 21.1. The summed E-state index contributed by atoms with van der Waals surface area (Å²) in [5, 5.41) is 0.969. The highest BCUT2D eigenvalue weighted by Crippen LogP contribution is 2.32. The van der Waals surface area contributed by atoms with E-state index in [0.29, 0.717) is 16.8 Å². The molecular weight excluding hydrogens is 384 g/mol. The Labute approximate surface area is 174 Å². The molecular formula is C23H24N2O5. The SMILES string of the molecule is COC(=O)/C=C\C1=CN(C)C=C(C(=O)OC)C1CC(=O)c1cc2ccccc2n1C. The van der Waals surface area contributed by atoms with Crippen molar-refractivity contribution in [3.8, 4) is 0 Å². The quantitative estimate of drug-likeness (QED) is 0.415. The monoisotopic (exact) mass is 408 g/mol. The zero-order valence-electron chi connectivity index (χ0n) is 17.4. The molecule has 1 unspecified atom stereocenters. The lowest BCUT2D eigenvalue weighted by Gasteiger charge is -2.27. The fourth-order valence-electron chi connectivity index (χ4n) is 3.63. The lowest BCUT2D eigenvalue weighted by molar-refractivity contribution is -0.137. The van der Waals surface area contributed by atoms with Gasteiger partial charge in [-0.25, -0.2) is 9.59 Å². The molecule has 0 N–H and O–H groups in total. The summed E-state index contributed by atoms with van der Waals surface area (Å²) in [6.07, 6.45) is 6.30. The first-order chi connectivity index (χ1) is 14.3. The lowest BCUT2D eigenvalue weighted by Crippen LogP contribution is -2.26. The number of methoxy groups -OCH3 is 2. The number of esters is 2. The van der Waals surface area contributed by atoms with Crippen LogP contribution in [0.3, 0.4) is 0 Å². The number of rotatable bonds is 6. The molecule has 30 heavy (non-hydrogen) atoms. The smallest absolute Gasteiger partial charge is 0.335 e. The molecule has 1 aromatic carbocycles. The number of benzene rings is 1. The maximum atomic E-state index is 13.2. The van der Waals surface area contributed by atoms with E-state index in [1.807, 2.05) is 41.9 Å². The van der Waals surface area contributed by atoms with Gasteiger partial charge in [-0.1, -0.05) is 18.2 Å². The highest BCUT2D eigenvalue weighted by atomic mass is 16.5. The Morgan fingerprint density at radius 3 is 2.47 bits per heavy atom. The fourth-order valence-corrected chi connectivity index (χ4v) is 3.63. The Morgan fingerprint density at radius 1 is 1.07 bits per heavy atom. The van der Waals surface area contributed by atoms with Gasteiger partial charge < -0.3 is 18.9 Å². The van der Waals surface area contributed by atoms with E-state index in [-0.39, 0.29) is 12.2 Å². The zero-order chi connectivity index (χ0) is 21.8. The number of para-hydroxylation sites is 1. The van der Waals surface area contributed by atoms with E-state index in [1.54, 1.807) is 30.4 Å². The van der Waals surface area contributed by atoms with E-state index in [4.69, 9.17) is 4.74 Å². The van der Waals surface area contributed by atoms with Gasteiger partial charge in [0.2, 0.25) is 0 Å². The summed E-state index contributed by atoms with van der Waals surface area (Å²) in [6.45, 7) is 0. The average molecular weight is 408 g/mol. The van der Waals surface area contributed by atoms with Crippen LogP contribution in [0.5, 0.6) is 0 Å². The molecule has 7 nitrogen and oxygen atoms in total. The molecule has 0 spiro atoms. The molecule has 2 heterocycles. The third-order valence-corrected chi connectivity index (χ3v) is 5.13. The van der Waals surface area contributed by atoms with Crippen molar-refractivity contribution in [2.75, 3.05) is 21.3 Å². The minimum Gasteiger partial charge on any atom is -0.466 e. The molecule has 1 aliphatic rings. The van der Waals surface area contributed by atoms with Gasteiger partial charge in [0.15, 0.2) is 5.78 Å². The number of nitrogens with zero attached hydrogens (tertiary/aromatic N) is 2. The number of aromatic nitrogens is 1. The molecule has 0 bridgehead atoms. The molecule has 0 radical (unpaired) electrons. The van der Waals surface area contributed by atoms with Gasteiger partial charge in [-0.15, -0.1) is 0 Å². The summed E-state index contributed by atoms with van der Waals surface area (Å²) < 4.78 is 11.4. The van der Waals surface area contributed by atoms with Crippen molar-refractivity contribution in [2.24, 2.45) is 13.0 Å². The summed E-state index contributed by atoms with van der Waals surface area (Å²) in [7, 11) is 6.19. The highest BCUT2D eigenvalue weighted by Gasteiger charge is 2.31. The third kappa shape index (κ3) is 4.20. The highest BCUT2D eigenvalue weighted by molar-refractivity contribution is 6.01. The number of aryl methyl sites for hydroxylation is 1. The van der Waals surface area contributed by atoms with Crippen LogP contribution in [-0.2, 0) is 26.1 Å².